The lowest BCUT2D eigenvalue weighted by Gasteiger charge is -2.35. The van der Waals surface area contributed by atoms with Crippen LogP contribution < -0.4 is 10.1 Å². The molecular weight excluding hydrogens is 397 g/mol. The predicted molar refractivity (Wildman–Crippen MR) is 123 cm³/mol. The van der Waals surface area contributed by atoms with Crippen LogP contribution in [0.5, 0.6) is 5.75 Å². The lowest BCUT2D eigenvalue weighted by atomic mass is 9.83. The summed E-state index contributed by atoms with van der Waals surface area (Å²) in [6.45, 7) is 6.41. The Balaban J connectivity index is 1.81. The number of hydrogen-bond donors (Lipinski definition) is 1. The number of benzene rings is 3. The minimum Gasteiger partial charge on any atom is -0.456 e. The maximum atomic E-state index is 13.8. The van der Waals surface area contributed by atoms with E-state index < -0.39 is 0 Å². The van der Waals surface area contributed by atoms with E-state index in [1.807, 2.05) is 30.3 Å². The highest BCUT2D eigenvalue weighted by atomic mass is 35.5. The molecule has 0 radical (unpaired) electrons. The second kappa shape index (κ2) is 6.75. The van der Waals surface area contributed by atoms with Gasteiger partial charge in [0.25, 0.3) is 0 Å². The minimum absolute atomic E-state index is 0.144. The lowest BCUT2D eigenvalue weighted by molar-refractivity contribution is 0.514. The number of allylic oxidation sites excluding steroid dienone is 1. The average molecular weight is 418 g/mol. The van der Waals surface area contributed by atoms with Gasteiger partial charge in [-0.2, -0.15) is 0 Å². The van der Waals surface area contributed by atoms with Crippen LogP contribution in [0.1, 0.15) is 37.5 Å². The summed E-state index contributed by atoms with van der Waals surface area (Å²) in [6.07, 6.45) is 4.12. The molecule has 3 aromatic rings. The Bertz CT molecular complexity index is 1260. The van der Waals surface area contributed by atoms with Gasteiger partial charge in [0.1, 0.15) is 17.3 Å². The Kier molecular flexibility index (Phi) is 4.26. The number of nitrogens with one attached hydrogen (secondary N) is 1. The van der Waals surface area contributed by atoms with E-state index >= 15 is 0 Å². The molecule has 2 aliphatic heterocycles. The first-order chi connectivity index (χ1) is 14.3. The molecule has 5 rings (SSSR count). The minimum atomic E-state index is -0.276. The smallest absolute Gasteiger partial charge is 0.136 e. The zero-order valence-electron chi connectivity index (χ0n) is 17.0. The summed E-state index contributed by atoms with van der Waals surface area (Å²) in [4.78, 5) is 0. The number of rotatable bonds is 1. The van der Waals surface area contributed by atoms with Gasteiger partial charge in [0.15, 0.2) is 0 Å². The van der Waals surface area contributed by atoms with Gasteiger partial charge in [-0.25, -0.2) is 4.39 Å². The van der Waals surface area contributed by atoms with Crippen LogP contribution in [0.4, 0.5) is 10.1 Å². The summed E-state index contributed by atoms with van der Waals surface area (Å²) in [5, 5.41) is 4.26. The van der Waals surface area contributed by atoms with Crippen LogP contribution in [0.2, 0.25) is 5.02 Å². The zero-order chi connectivity index (χ0) is 21.0. The molecule has 150 valence electrons. The van der Waals surface area contributed by atoms with E-state index in [1.54, 1.807) is 6.07 Å². The Labute approximate surface area is 180 Å². The van der Waals surface area contributed by atoms with Crippen LogP contribution in [0.25, 0.3) is 28.5 Å². The van der Waals surface area contributed by atoms with E-state index in [0.29, 0.717) is 10.8 Å². The third kappa shape index (κ3) is 3.20. The maximum absolute atomic E-state index is 13.8. The summed E-state index contributed by atoms with van der Waals surface area (Å²) in [5.41, 5.74) is 6.92. The Morgan fingerprint density at radius 1 is 1.00 bits per heavy atom. The Morgan fingerprint density at radius 2 is 1.83 bits per heavy atom. The molecule has 0 aromatic heterocycles. The molecule has 0 spiro atoms. The predicted octanol–water partition coefficient (Wildman–Crippen LogP) is 7.64. The highest BCUT2D eigenvalue weighted by Gasteiger charge is 2.31. The van der Waals surface area contributed by atoms with E-state index in [4.69, 9.17) is 16.3 Å². The maximum Gasteiger partial charge on any atom is 0.136 e. The molecule has 0 aliphatic carbocycles. The molecule has 0 fully saturated rings. The molecule has 0 atom stereocenters. The number of halogens is 2. The second-order valence-corrected chi connectivity index (χ2v) is 8.83. The molecule has 0 saturated heterocycles. The van der Waals surface area contributed by atoms with Crippen molar-refractivity contribution in [2.75, 3.05) is 5.32 Å². The molecule has 0 amide bonds. The highest BCUT2D eigenvalue weighted by molar-refractivity contribution is 6.31. The fraction of sp³-hybridized carbons (Fsp3) is 0.154. The first-order valence-corrected chi connectivity index (χ1v) is 10.3. The summed E-state index contributed by atoms with van der Waals surface area (Å²) >= 11 is 6.30. The summed E-state index contributed by atoms with van der Waals surface area (Å²) in [5.74, 6) is 1.15. The van der Waals surface area contributed by atoms with E-state index in [-0.39, 0.29) is 11.4 Å². The van der Waals surface area contributed by atoms with Crippen molar-refractivity contribution >= 4 is 34.7 Å². The number of anilines is 1. The number of fused-ring (bicyclic) bond motifs is 5. The average Bonchev–Trinajstić information content (AvgIpc) is 2.67. The van der Waals surface area contributed by atoms with Crippen LogP contribution >= 0.6 is 11.6 Å². The summed E-state index contributed by atoms with van der Waals surface area (Å²) in [6, 6.07) is 16.4. The van der Waals surface area contributed by atoms with Crippen molar-refractivity contribution in [3.63, 3.8) is 0 Å². The topological polar surface area (TPSA) is 21.3 Å². The monoisotopic (exact) mass is 417 g/mol. The third-order valence-corrected chi connectivity index (χ3v) is 5.71. The van der Waals surface area contributed by atoms with Crippen LogP contribution in [-0.2, 0) is 0 Å². The molecule has 3 aromatic carbocycles. The van der Waals surface area contributed by atoms with Crippen molar-refractivity contribution in [3.8, 4) is 16.9 Å². The summed E-state index contributed by atoms with van der Waals surface area (Å²) in [7, 11) is 0. The van der Waals surface area contributed by atoms with Crippen molar-refractivity contribution in [1.82, 2.24) is 0 Å². The van der Waals surface area contributed by atoms with Crippen LogP contribution in [-0.4, -0.2) is 5.54 Å². The molecule has 1 N–H and O–H groups in total. The van der Waals surface area contributed by atoms with Crippen LogP contribution in [0.3, 0.4) is 0 Å². The van der Waals surface area contributed by atoms with Gasteiger partial charge < -0.3 is 10.1 Å². The first-order valence-electron chi connectivity index (χ1n) is 9.91. The van der Waals surface area contributed by atoms with Gasteiger partial charge in [-0.15, -0.1) is 0 Å². The molecule has 2 nitrogen and oxygen atoms in total. The largest absolute Gasteiger partial charge is 0.456 e. The van der Waals surface area contributed by atoms with E-state index in [9.17, 15) is 4.39 Å². The van der Waals surface area contributed by atoms with E-state index in [2.05, 4.69) is 44.3 Å². The standard InChI is InChI=1S/C26H21ClFNO/c1-15-14-26(2,3)29-21-9-8-19-20-13-17(27)7-10-22(20)30-23(25(19)24(15)21)12-16-5-4-6-18(28)11-16/h4-14,29H,1-3H3/b23-12-. The van der Waals surface area contributed by atoms with Gasteiger partial charge in [-0.3, -0.25) is 0 Å². The summed E-state index contributed by atoms with van der Waals surface area (Å²) < 4.78 is 20.2. The Hall–Kier alpha value is -3.04. The van der Waals surface area contributed by atoms with Crippen molar-refractivity contribution in [1.29, 1.82) is 0 Å². The molecular formula is C26H21ClFNO. The zero-order valence-corrected chi connectivity index (χ0v) is 17.8. The van der Waals surface area contributed by atoms with E-state index in [0.717, 1.165) is 39.3 Å². The first kappa shape index (κ1) is 19.0. The van der Waals surface area contributed by atoms with Crippen LogP contribution in [0, 0.1) is 5.82 Å². The highest BCUT2D eigenvalue weighted by Crippen LogP contribution is 2.49. The van der Waals surface area contributed by atoms with Crippen LogP contribution in [0.15, 0.2) is 60.7 Å². The molecule has 2 heterocycles. The molecule has 2 aliphatic rings. The molecule has 0 unspecified atom stereocenters. The van der Waals surface area contributed by atoms with Gasteiger partial charge in [0.2, 0.25) is 0 Å². The SMILES string of the molecule is CC1=CC(C)(C)Nc2ccc3c(c21)/C(=C/c1cccc(F)c1)Oc1ccc(Cl)cc1-3. The lowest BCUT2D eigenvalue weighted by Crippen LogP contribution is -2.32. The number of ether oxygens (including phenoxy) is 1. The number of hydrogen-bond acceptors (Lipinski definition) is 2. The van der Waals surface area contributed by atoms with Gasteiger partial charge in [-0.1, -0.05) is 35.9 Å². The fourth-order valence-electron chi connectivity index (χ4n) is 4.41. The molecule has 30 heavy (non-hydrogen) atoms. The van der Waals surface area contributed by atoms with Gasteiger partial charge in [0, 0.05) is 27.4 Å². The van der Waals surface area contributed by atoms with Gasteiger partial charge in [0.05, 0.1) is 5.54 Å². The molecule has 4 heteroatoms. The van der Waals surface area contributed by atoms with Crippen molar-refractivity contribution < 1.29 is 9.13 Å². The second-order valence-electron chi connectivity index (χ2n) is 8.39. The molecule has 0 saturated carbocycles. The van der Waals surface area contributed by atoms with Gasteiger partial charge >= 0.3 is 0 Å². The van der Waals surface area contributed by atoms with E-state index in [1.165, 1.54) is 17.7 Å². The third-order valence-electron chi connectivity index (χ3n) is 5.48. The van der Waals surface area contributed by atoms with Crippen molar-refractivity contribution in [3.05, 3.63) is 88.2 Å². The quantitative estimate of drug-likeness (QED) is 0.439. The van der Waals surface area contributed by atoms with Crippen molar-refractivity contribution in [2.24, 2.45) is 0 Å². The Morgan fingerprint density at radius 3 is 2.63 bits per heavy atom. The molecule has 0 bridgehead atoms. The van der Waals surface area contributed by atoms with Gasteiger partial charge in [-0.05, 0) is 79.9 Å². The fourth-order valence-corrected chi connectivity index (χ4v) is 4.59. The van der Waals surface area contributed by atoms with Crippen molar-refractivity contribution in [2.45, 2.75) is 26.3 Å². The normalized spacial score (nSPS) is 17.2.